The fourth-order valence-electron chi connectivity index (χ4n) is 1.67. The van der Waals surface area contributed by atoms with Gasteiger partial charge < -0.3 is 4.57 Å². The molecule has 1 aliphatic heterocycles. The van der Waals surface area contributed by atoms with Crippen LogP contribution >= 0.6 is 0 Å². The molecule has 2 rings (SSSR count). The van der Waals surface area contributed by atoms with E-state index in [1.807, 2.05) is 4.57 Å². The summed E-state index contributed by atoms with van der Waals surface area (Å²) in [6, 6.07) is 0.113. The predicted molar refractivity (Wildman–Crippen MR) is 50.4 cm³/mol. The fraction of sp³-hybridized carbons (Fsp3) is 0.625. The van der Waals surface area contributed by atoms with Crippen molar-refractivity contribution in [3.63, 3.8) is 0 Å². The Labute approximate surface area is 82.8 Å². The summed E-state index contributed by atoms with van der Waals surface area (Å²) >= 11 is 0. The molecule has 0 amide bonds. The molecule has 1 atom stereocenters. The van der Waals surface area contributed by atoms with Crippen LogP contribution in [0.25, 0.3) is 0 Å². The zero-order valence-electron chi connectivity index (χ0n) is 7.88. The smallest absolute Gasteiger partial charge is 0.264 e. The third kappa shape index (κ3) is 1.96. The zero-order chi connectivity index (χ0) is 10.2. The van der Waals surface area contributed by atoms with Gasteiger partial charge in [0.05, 0.1) is 25.2 Å². The highest BCUT2D eigenvalue weighted by Crippen LogP contribution is 2.25. The van der Waals surface area contributed by atoms with Crippen molar-refractivity contribution < 1.29 is 12.6 Å². The van der Waals surface area contributed by atoms with Crippen molar-refractivity contribution in [2.45, 2.75) is 18.9 Å². The third-order valence-corrected chi connectivity index (χ3v) is 2.91. The minimum absolute atomic E-state index is 0.113. The van der Waals surface area contributed by atoms with E-state index in [4.69, 9.17) is 4.18 Å². The van der Waals surface area contributed by atoms with Crippen molar-refractivity contribution in [2.24, 2.45) is 0 Å². The molecule has 1 aliphatic rings. The van der Waals surface area contributed by atoms with Gasteiger partial charge in [-0.2, -0.15) is 8.42 Å². The van der Waals surface area contributed by atoms with Crippen molar-refractivity contribution in [2.75, 3.05) is 12.9 Å². The van der Waals surface area contributed by atoms with Crippen molar-refractivity contribution in [1.82, 2.24) is 9.55 Å². The zero-order valence-corrected chi connectivity index (χ0v) is 8.70. The molecule has 0 aliphatic carbocycles. The first-order chi connectivity index (χ1) is 6.56. The molecule has 1 aromatic rings. The molecule has 1 unspecified atom stereocenters. The van der Waals surface area contributed by atoms with E-state index in [1.165, 1.54) is 0 Å². The molecule has 0 radical (unpaired) electrons. The second-order valence-electron chi connectivity index (χ2n) is 3.47. The van der Waals surface area contributed by atoms with Gasteiger partial charge in [-0.1, -0.05) is 0 Å². The van der Waals surface area contributed by atoms with Gasteiger partial charge in [0.25, 0.3) is 10.1 Å². The Hall–Kier alpha value is -0.880. The van der Waals surface area contributed by atoms with Gasteiger partial charge in [-0.25, -0.2) is 4.98 Å². The maximum Gasteiger partial charge on any atom is 0.264 e. The summed E-state index contributed by atoms with van der Waals surface area (Å²) in [6.45, 7) is 0.211. The van der Waals surface area contributed by atoms with Crippen LogP contribution in [0.5, 0.6) is 0 Å². The number of nitrogens with zero attached hydrogens (tertiary/aromatic N) is 2. The number of imidazole rings is 1. The molecule has 0 saturated carbocycles. The van der Waals surface area contributed by atoms with Crippen LogP contribution in [0.3, 0.4) is 0 Å². The summed E-state index contributed by atoms with van der Waals surface area (Å²) in [4.78, 5) is 4.00. The van der Waals surface area contributed by atoms with E-state index in [0.29, 0.717) is 0 Å². The van der Waals surface area contributed by atoms with E-state index >= 15 is 0 Å². The second-order valence-corrected chi connectivity index (χ2v) is 5.12. The SMILES string of the molecule is CS(=O)(=O)OCC1CCc2cncn21. The summed E-state index contributed by atoms with van der Waals surface area (Å²) in [6.07, 6.45) is 6.46. The minimum Gasteiger partial charge on any atom is -0.329 e. The molecular formula is C8H12N2O3S. The van der Waals surface area contributed by atoms with Crippen LogP contribution in [0.4, 0.5) is 0 Å². The quantitative estimate of drug-likeness (QED) is 0.684. The Bertz CT molecular complexity index is 424. The molecule has 0 aromatic carbocycles. The standard InChI is InChI=1S/C8H12N2O3S/c1-14(11,12)13-5-8-3-2-7-4-9-6-10(7)8/h4,6,8H,2-3,5H2,1H3. The lowest BCUT2D eigenvalue weighted by molar-refractivity contribution is 0.261. The molecule has 0 bridgehead atoms. The Morgan fingerprint density at radius 2 is 2.50 bits per heavy atom. The lowest BCUT2D eigenvalue weighted by Crippen LogP contribution is -2.14. The fourth-order valence-corrected chi connectivity index (χ4v) is 2.08. The molecule has 14 heavy (non-hydrogen) atoms. The molecule has 0 saturated heterocycles. The lowest BCUT2D eigenvalue weighted by Gasteiger charge is -2.11. The van der Waals surface area contributed by atoms with E-state index in [1.54, 1.807) is 12.5 Å². The molecule has 1 aromatic heterocycles. The maximum absolute atomic E-state index is 10.8. The highest BCUT2D eigenvalue weighted by Gasteiger charge is 2.22. The molecular weight excluding hydrogens is 204 g/mol. The average molecular weight is 216 g/mol. The van der Waals surface area contributed by atoms with Gasteiger partial charge in [0.2, 0.25) is 0 Å². The maximum atomic E-state index is 10.8. The van der Waals surface area contributed by atoms with Crippen molar-refractivity contribution in [1.29, 1.82) is 0 Å². The first kappa shape index (κ1) is 9.67. The molecule has 0 N–H and O–H groups in total. The summed E-state index contributed by atoms with van der Waals surface area (Å²) in [5.41, 5.74) is 1.15. The topological polar surface area (TPSA) is 61.2 Å². The van der Waals surface area contributed by atoms with Gasteiger partial charge in [0.1, 0.15) is 0 Å². The van der Waals surface area contributed by atoms with Crippen LogP contribution in [0.1, 0.15) is 18.2 Å². The van der Waals surface area contributed by atoms with Gasteiger partial charge in [0, 0.05) is 11.9 Å². The lowest BCUT2D eigenvalue weighted by atomic mass is 10.2. The Morgan fingerprint density at radius 3 is 3.21 bits per heavy atom. The van der Waals surface area contributed by atoms with E-state index in [2.05, 4.69) is 4.98 Å². The van der Waals surface area contributed by atoms with Crippen molar-refractivity contribution >= 4 is 10.1 Å². The highest BCUT2D eigenvalue weighted by atomic mass is 32.2. The van der Waals surface area contributed by atoms with Crippen LogP contribution in [0, 0.1) is 0 Å². The number of fused-ring (bicyclic) bond motifs is 1. The molecule has 2 heterocycles. The molecule has 6 heteroatoms. The normalized spacial score (nSPS) is 21.1. The number of hydrogen-bond donors (Lipinski definition) is 0. The van der Waals surface area contributed by atoms with Gasteiger partial charge >= 0.3 is 0 Å². The number of aryl methyl sites for hydroxylation is 1. The number of hydrogen-bond acceptors (Lipinski definition) is 4. The van der Waals surface area contributed by atoms with Crippen LogP contribution in [0.2, 0.25) is 0 Å². The van der Waals surface area contributed by atoms with Crippen LogP contribution < -0.4 is 0 Å². The van der Waals surface area contributed by atoms with Gasteiger partial charge in [0.15, 0.2) is 0 Å². The molecule has 5 nitrogen and oxygen atoms in total. The molecule has 0 spiro atoms. The Balaban J connectivity index is 2.03. The van der Waals surface area contributed by atoms with E-state index in [-0.39, 0.29) is 12.6 Å². The van der Waals surface area contributed by atoms with E-state index < -0.39 is 10.1 Å². The predicted octanol–water partition coefficient (Wildman–Crippen LogP) is 0.347. The number of aromatic nitrogens is 2. The van der Waals surface area contributed by atoms with Gasteiger partial charge in [-0.15, -0.1) is 0 Å². The monoisotopic (exact) mass is 216 g/mol. The van der Waals surface area contributed by atoms with Crippen LogP contribution in [0.15, 0.2) is 12.5 Å². The minimum atomic E-state index is -3.33. The summed E-state index contributed by atoms with van der Waals surface area (Å²) < 4.78 is 28.3. The van der Waals surface area contributed by atoms with Crippen LogP contribution in [-0.2, 0) is 20.7 Å². The summed E-state index contributed by atoms with van der Waals surface area (Å²) in [7, 11) is -3.33. The van der Waals surface area contributed by atoms with E-state index in [0.717, 1.165) is 24.8 Å². The third-order valence-electron chi connectivity index (χ3n) is 2.35. The largest absolute Gasteiger partial charge is 0.329 e. The van der Waals surface area contributed by atoms with Gasteiger partial charge in [-0.05, 0) is 12.8 Å². The second kappa shape index (κ2) is 3.36. The van der Waals surface area contributed by atoms with Gasteiger partial charge in [-0.3, -0.25) is 4.18 Å². The number of rotatable bonds is 3. The van der Waals surface area contributed by atoms with Crippen molar-refractivity contribution in [3.05, 3.63) is 18.2 Å². The molecule has 78 valence electrons. The van der Waals surface area contributed by atoms with E-state index in [9.17, 15) is 8.42 Å². The van der Waals surface area contributed by atoms with Crippen molar-refractivity contribution in [3.8, 4) is 0 Å². The Morgan fingerprint density at radius 1 is 1.71 bits per heavy atom. The average Bonchev–Trinajstić information content (AvgIpc) is 2.59. The summed E-state index contributed by atoms with van der Waals surface area (Å²) in [5, 5.41) is 0. The Kier molecular flexibility index (Phi) is 2.32. The first-order valence-electron chi connectivity index (χ1n) is 4.41. The first-order valence-corrected chi connectivity index (χ1v) is 6.23. The summed E-state index contributed by atoms with van der Waals surface area (Å²) in [5.74, 6) is 0. The van der Waals surface area contributed by atoms with Crippen LogP contribution in [-0.4, -0.2) is 30.8 Å². The molecule has 0 fully saturated rings. The highest BCUT2D eigenvalue weighted by molar-refractivity contribution is 7.85.